The topological polar surface area (TPSA) is 138 Å². The lowest BCUT2D eigenvalue weighted by Crippen LogP contribution is -2.50. The fourth-order valence-electron chi connectivity index (χ4n) is 3.65. The summed E-state index contributed by atoms with van der Waals surface area (Å²) < 4.78 is 37.2. The van der Waals surface area contributed by atoms with E-state index >= 15 is 0 Å². The van der Waals surface area contributed by atoms with Crippen molar-refractivity contribution < 1.29 is 36.8 Å². The van der Waals surface area contributed by atoms with E-state index in [0.29, 0.717) is 17.8 Å². The Kier molecular flexibility index (Phi) is 7.47. The van der Waals surface area contributed by atoms with Crippen molar-refractivity contribution in [2.75, 3.05) is 6.26 Å². The second-order valence-corrected chi connectivity index (χ2v) is 9.50. The van der Waals surface area contributed by atoms with Gasteiger partial charge in [0, 0.05) is 0 Å². The lowest BCUT2D eigenvalue weighted by Gasteiger charge is -2.34. The summed E-state index contributed by atoms with van der Waals surface area (Å²) in [6.07, 6.45) is 0.715. The highest BCUT2D eigenvalue weighted by molar-refractivity contribution is 7.85. The van der Waals surface area contributed by atoms with Gasteiger partial charge >= 0.3 is 0 Å². The van der Waals surface area contributed by atoms with Crippen LogP contribution in [0.15, 0.2) is 93.8 Å². The Bertz CT molecular complexity index is 1290. The van der Waals surface area contributed by atoms with Crippen LogP contribution in [0.4, 0.5) is 0 Å². The average molecular weight is 499 g/mol. The molecule has 2 unspecified atom stereocenters. The van der Waals surface area contributed by atoms with E-state index in [1.807, 2.05) is 0 Å². The zero-order valence-electron chi connectivity index (χ0n) is 19.4. The molecule has 35 heavy (non-hydrogen) atoms. The first-order valence-corrected chi connectivity index (χ1v) is 12.4. The van der Waals surface area contributed by atoms with Gasteiger partial charge in [0.1, 0.15) is 23.0 Å². The number of furan rings is 2. The number of aryl methyl sites for hydroxylation is 2. The predicted molar refractivity (Wildman–Crippen MR) is 128 cm³/mol. The summed E-state index contributed by atoms with van der Waals surface area (Å²) in [6.45, 7) is 3.44. The summed E-state index contributed by atoms with van der Waals surface area (Å²) in [4.78, 5) is 14.1. The van der Waals surface area contributed by atoms with E-state index in [-0.39, 0.29) is 22.6 Å². The SMILES string of the molecule is CS(=O)(=O)O.Cc1ccc(C(O)(C(=O)C(O)(c2ccccc2)c2ccc(C)o2)c2ccccc2)o1. The molecule has 2 aromatic carbocycles. The van der Waals surface area contributed by atoms with E-state index in [1.54, 1.807) is 98.8 Å². The summed E-state index contributed by atoms with van der Waals surface area (Å²) in [7, 11) is -3.67. The molecule has 0 aliphatic heterocycles. The molecule has 0 aliphatic rings. The van der Waals surface area contributed by atoms with Gasteiger partial charge in [-0.15, -0.1) is 0 Å². The molecule has 0 radical (unpaired) electrons. The van der Waals surface area contributed by atoms with Crippen LogP contribution in [0.3, 0.4) is 0 Å². The molecule has 4 rings (SSSR count). The van der Waals surface area contributed by atoms with Crippen LogP contribution in [0.25, 0.3) is 0 Å². The van der Waals surface area contributed by atoms with Gasteiger partial charge in [-0.3, -0.25) is 9.35 Å². The molecule has 3 N–H and O–H groups in total. The van der Waals surface area contributed by atoms with Crippen molar-refractivity contribution in [2.45, 2.75) is 25.0 Å². The van der Waals surface area contributed by atoms with Crippen molar-refractivity contribution in [2.24, 2.45) is 0 Å². The Hall–Kier alpha value is -3.50. The van der Waals surface area contributed by atoms with Gasteiger partial charge in [0.2, 0.25) is 17.0 Å². The van der Waals surface area contributed by atoms with Crippen LogP contribution < -0.4 is 0 Å². The zero-order chi connectivity index (χ0) is 25.9. The van der Waals surface area contributed by atoms with Crippen LogP contribution in [0, 0.1) is 13.8 Å². The molecule has 2 aromatic heterocycles. The van der Waals surface area contributed by atoms with Crippen LogP contribution in [0.1, 0.15) is 34.2 Å². The summed E-state index contributed by atoms with van der Waals surface area (Å²) in [5.41, 5.74) is -3.94. The molecule has 0 bridgehead atoms. The number of Topliss-reactive ketones (excluding diaryl/α,β-unsaturated/α-hetero) is 1. The first kappa shape index (κ1) is 26.1. The molecule has 184 valence electrons. The minimum absolute atomic E-state index is 0.0221. The quantitative estimate of drug-likeness (QED) is 0.342. The van der Waals surface area contributed by atoms with E-state index in [0.717, 1.165) is 0 Å². The Morgan fingerprint density at radius 3 is 1.26 bits per heavy atom. The van der Waals surface area contributed by atoms with Crippen LogP contribution in [0.2, 0.25) is 0 Å². The number of ketones is 1. The third-order valence-corrected chi connectivity index (χ3v) is 5.23. The first-order chi connectivity index (χ1) is 16.4. The first-order valence-electron chi connectivity index (χ1n) is 10.5. The van der Waals surface area contributed by atoms with Crippen molar-refractivity contribution in [1.82, 2.24) is 0 Å². The monoisotopic (exact) mass is 498 g/mol. The molecule has 8 nitrogen and oxygen atoms in total. The number of carbonyl (C=O) groups is 1. The van der Waals surface area contributed by atoms with Crippen molar-refractivity contribution >= 4 is 15.9 Å². The van der Waals surface area contributed by atoms with Crippen LogP contribution >= 0.6 is 0 Å². The third kappa shape index (κ3) is 5.60. The number of hydrogen-bond acceptors (Lipinski definition) is 7. The number of benzene rings is 2. The molecule has 2 atom stereocenters. The summed E-state index contributed by atoms with van der Waals surface area (Å²) in [5.74, 6) is 0.215. The standard InChI is InChI=1S/C25H22O5.CH4O3S/c1-17-13-15-21(29-17)24(27,19-9-5-3-6-10-19)23(26)25(28,20-11-7-4-8-12-20)22-16-14-18(2)30-22;1-5(2,3)4/h3-16,27-28H,1-2H3;1H3,(H,2,3,4). The molecule has 9 heteroatoms. The second kappa shape index (κ2) is 10.0. The van der Waals surface area contributed by atoms with Crippen LogP contribution in [-0.2, 0) is 26.1 Å². The lowest BCUT2D eigenvalue weighted by atomic mass is 9.75. The van der Waals surface area contributed by atoms with Crippen LogP contribution in [0.5, 0.6) is 0 Å². The van der Waals surface area contributed by atoms with Gasteiger partial charge in [0.05, 0.1) is 6.26 Å². The molecule has 0 aliphatic carbocycles. The molecule has 2 heterocycles. The maximum absolute atomic E-state index is 14.1. The Balaban J connectivity index is 0.000000623. The van der Waals surface area contributed by atoms with Gasteiger partial charge in [0.15, 0.2) is 0 Å². The molecule has 4 aromatic rings. The van der Waals surface area contributed by atoms with Crippen LogP contribution in [-0.4, -0.2) is 35.2 Å². The highest BCUT2D eigenvalue weighted by Gasteiger charge is 2.56. The van der Waals surface area contributed by atoms with E-state index < -0.39 is 27.1 Å². The molecule has 0 amide bonds. The molecule has 0 saturated carbocycles. The van der Waals surface area contributed by atoms with Gasteiger partial charge in [0.25, 0.3) is 10.1 Å². The number of aliphatic hydroxyl groups is 2. The van der Waals surface area contributed by atoms with E-state index in [4.69, 9.17) is 13.4 Å². The predicted octanol–water partition coefficient (Wildman–Crippen LogP) is 3.73. The highest BCUT2D eigenvalue weighted by Crippen LogP contribution is 2.42. The lowest BCUT2D eigenvalue weighted by molar-refractivity contribution is -0.154. The minimum atomic E-state index is -3.67. The molecule has 0 saturated heterocycles. The van der Waals surface area contributed by atoms with Crippen molar-refractivity contribution in [1.29, 1.82) is 0 Å². The second-order valence-electron chi connectivity index (χ2n) is 8.04. The highest BCUT2D eigenvalue weighted by atomic mass is 32.2. The fraction of sp³-hybridized carbons (Fsp3) is 0.192. The van der Waals surface area contributed by atoms with Crippen molar-refractivity contribution in [3.05, 3.63) is 119 Å². The summed E-state index contributed by atoms with van der Waals surface area (Å²) in [5, 5.41) is 23.7. The van der Waals surface area contributed by atoms with Gasteiger partial charge < -0.3 is 19.0 Å². The van der Waals surface area contributed by atoms with Gasteiger partial charge in [-0.1, -0.05) is 60.7 Å². The summed E-state index contributed by atoms with van der Waals surface area (Å²) >= 11 is 0. The number of rotatable bonds is 6. The normalized spacial score (nSPS) is 14.8. The molecular weight excluding hydrogens is 472 g/mol. The van der Waals surface area contributed by atoms with E-state index in [2.05, 4.69) is 0 Å². The van der Waals surface area contributed by atoms with Gasteiger partial charge in [-0.05, 0) is 49.2 Å². The van der Waals surface area contributed by atoms with E-state index in [1.165, 1.54) is 0 Å². The minimum Gasteiger partial charge on any atom is -0.462 e. The Morgan fingerprint density at radius 1 is 0.686 bits per heavy atom. The largest absolute Gasteiger partial charge is 0.462 e. The third-order valence-electron chi connectivity index (χ3n) is 5.23. The molecule has 0 fully saturated rings. The smallest absolute Gasteiger partial charge is 0.261 e. The number of hydrogen-bond donors (Lipinski definition) is 3. The number of carbonyl (C=O) groups excluding carboxylic acids is 1. The maximum atomic E-state index is 14.1. The summed E-state index contributed by atoms with van der Waals surface area (Å²) in [6, 6.07) is 23.3. The Labute approximate surface area is 203 Å². The van der Waals surface area contributed by atoms with E-state index in [9.17, 15) is 23.4 Å². The average Bonchev–Trinajstić information content (AvgIpc) is 3.46. The fourth-order valence-corrected chi connectivity index (χ4v) is 3.65. The zero-order valence-corrected chi connectivity index (χ0v) is 20.2. The molecule has 0 spiro atoms. The maximum Gasteiger partial charge on any atom is 0.261 e. The van der Waals surface area contributed by atoms with Gasteiger partial charge in [-0.2, -0.15) is 8.42 Å². The van der Waals surface area contributed by atoms with Crippen molar-refractivity contribution in [3.63, 3.8) is 0 Å². The van der Waals surface area contributed by atoms with Gasteiger partial charge in [-0.25, -0.2) is 0 Å². The molecular formula is C26H26O8S. The Morgan fingerprint density at radius 2 is 1.00 bits per heavy atom. The van der Waals surface area contributed by atoms with Crippen molar-refractivity contribution in [3.8, 4) is 0 Å².